The Morgan fingerprint density at radius 2 is 2.15 bits per heavy atom. The van der Waals surface area contributed by atoms with E-state index in [1.807, 2.05) is 0 Å². The van der Waals surface area contributed by atoms with Gasteiger partial charge in [0, 0.05) is 0 Å². The average molecular weight is 212 g/mol. The molecule has 0 amide bonds. The maximum Gasteiger partial charge on any atom is 0.445 e. The van der Waals surface area contributed by atoms with E-state index in [9.17, 15) is 13.2 Å². The molecule has 1 heterocycles. The highest BCUT2D eigenvalue weighted by molar-refractivity contribution is 7.15. The van der Waals surface area contributed by atoms with Gasteiger partial charge >= 0.3 is 6.18 Å². The zero-order chi connectivity index (χ0) is 9.90. The lowest BCUT2D eigenvalue weighted by atomic mass is 10.7. The van der Waals surface area contributed by atoms with Crippen LogP contribution in [-0.2, 0) is 6.18 Å². The Hall–Kier alpha value is -1.22. The second-order valence-corrected chi connectivity index (χ2v) is 2.73. The molecule has 0 spiro atoms. The fraction of sp³-hybridized carbons (Fsp3) is 0.250. The van der Waals surface area contributed by atoms with Crippen LogP contribution < -0.4 is 5.48 Å². The molecule has 0 radical (unpaired) electrons. The molecule has 0 saturated heterocycles. The molecule has 0 unspecified atom stereocenters. The van der Waals surface area contributed by atoms with Crippen molar-refractivity contribution in [2.75, 3.05) is 0 Å². The molecule has 0 aliphatic rings. The summed E-state index contributed by atoms with van der Waals surface area (Å²) in [7, 11) is 0. The van der Waals surface area contributed by atoms with Gasteiger partial charge in [-0.2, -0.15) is 13.2 Å². The second kappa shape index (κ2) is 3.66. The van der Waals surface area contributed by atoms with Crippen molar-refractivity contribution in [2.45, 2.75) is 6.18 Å². The highest BCUT2D eigenvalue weighted by atomic mass is 32.1. The largest absolute Gasteiger partial charge is 0.445 e. The highest BCUT2D eigenvalue weighted by Crippen LogP contribution is 2.33. The Balaban J connectivity index is 2.81. The second-order valence-electron chi connectivity index (χ2n) is 1.77. The lowest BCUT2D eigenvalue weighted by Crippen LogP contribution is -2.03. The molecule has 0 aromatic carbocycles. The molecule has 0 bridgehead atoms. The van der Waals surface area contributed by atoms with Crippen LogP contribution in [-0.4, -0.2) is 21.7 Å². The molecule has 72 valence electrons. The summed E-state index contributed by atoms with van der Waals surface area (Å²) in [6.45, 7) is 0. The molecule has 0 atom stereocenters. The first-order valence-electron chi connectivity index (χ1n) is 2.87. The first kappa shape index (κ1) is 9.86. The van der Waals surface area contributed by atoms with Crippen molar-refractivity contribution in [3.8, 4) is 0 Å². The van der Waals surface area contributed by atoms with Crippen LogP contribution in [0, 0.1) is 0 Å². The van der Waals surface area contributed by atoms with Crippen LogP contribution in [0.1, 0.15) is 5.01 Å². The molecule has 9 heteroatoms. The molecule has 0 fully saturated rings. The van der Waals surface area contributed by atoms with Crippen molar-refractivity contribution in [3.63, 3.8) is 0 Å². The van der Waals surface area contributed by atoms with Crippen molar-refractivity contribution >= 4 is 22.8 Å². The van der Waals surface area contributed by atoms with Crippen molar-refractivity contribution in [3.05, 3.63) is 5.01 Å². The minimum absolute atomic E-state index is 0.186. The molecule has 0 saturated carbocycles. The molecule has 0 aliphatic heterocycles. The van der Waals surface area contributed by atoms with Crippen LogP contribution in [0.5, 0.6) is 0 Å². The Morgan fingerprint density at radius 1 is 1.46 bits per heavy atom. The van der Waals surface area contributed by atoms with Gasteiger partial charge < -0.3 is 0 Å². The number of halogens is 3. The van der Waals surface area contributed by atoms with Crippen molar-refractivity contribution in [2.24, 2.45) is 4.99 Å². The summed E-state index contributed by atoms with van der Waals surface area (Å²) in [4.78, 5) is 3.32. The summed E-state index contributed by atoms with van der Waals surface area (Å²) >= 11 is 0.284. The standard InChI is InChI=1S/C4H3F3N4OS/c5-4(6,7)2-10-11-3(13-2)8-1-9-12/h1,12H,(H,8,9,11). The quantitative estimate of drug-likeness (QED) is 0.439. The van der Waals surface area contributed by atoms with E-state index < -0.39 is 11.2 Å². The summed E-state index contributed by atoms with van der Waals surface area (Å²) in [6, 6.07) is 0. The van der Waals surface area contributed by atoms with Gasteiger partial charge in [0.1, 0.15) is 6.34 Å². The average Bonchev–Trinajstić information content (AvgIpc) is 2.47. The van der Waals surface area contributed by atoms with Crippen LogP contribution in [0.4, 0.5) is 18.3 Å². The van der Waals surface area contributed by atoms with Crippen LogP contribution in [0.25, 0.3) is 0 Å². The Kier molecular flexibility index (Phi) is 2.78. The van der Waals surface area contributed by atoms with E-state index in [1.54, 1.807) is 0 Å². The zero-order valence-electron chi connectivity index (χ0n) is 5.91. The lowest BCUT2D eigenvalue weighted by molar-refractivity contribution is -0.138. The van der Waals surface area contributed by atoms with Gasteiger partial charge in [0.05, 0.1) is 0 Å². The van der Waals surface area contributed by atoms with Gasteiger partial charge in [-0.15, -0.1) is 10.2 Å². The molecule has 1 aromatic heterocycles. The molecule has 1 aromatic rings. The SMILES string of the molecule is ONC=Nc1nnc(C(F)(F)F)s1. The summed E-state index contributed by atoms with van der Waals surface area (Å²) in [5.74, 6) is 0. The number of aromatic nitrogens is 2. The van der Waals surface area contributed by atoms with E-state index in [2.05, 4.69) is 15.2 Å². The van der Waals surface area contributed by atoms with Gasteiger partial charge in [0.2, 0.25) is 10.1 Å². The third-order valence-corrected chi connectivity index (χ3v) is 1.77. The Morgan fingerprint density at radius 3 is 2.62 bits per heavy atom. The minimum Gasteiger partial charge on any atom is -0.290 e. The van der Waals surface area contributed by atoms with E-state index in [-0.39, 0.29) is 16.5 Å². The number of nitrogens with zero attached hydrogens (tertiary/aromatic N) is 3. The molecular weight excluding hydrogens is 209 g/mol. The Labute approximate surface area is 73.9 Å². The van der Waals surface area contributed by atoms with Crippen molar-refractivity contribution < 1.29 is 18.4 Å². The topological polar surface area (TPSA) is 70.4 Å². The van der Waals surface area contributed by atoms with Crippen molar-refractivity contribution in [1.82, 2.24) is 15.7 Å². The predicted molar refractivity (Wildman–Crippen MR) is 38.0 cm³/mol. The summed E-state index contributed by atoms with van der Waals surface area (Å²) < 4.78 is 35.7. The van der Waals surface area contributed by atoms with Crippen LogP contribution in [0.2, 0.25) is 0 Å². The normalized spacial score (nSPS) is 12.3. The minimum atomic E-state index is -4.50. The number of hydrogen-bond acceptors (Lipinski definition) is 5. The van der Waals surface area contributed by atoms with Crippen LogP contribution >= 0.6 is 11.3 Å². The van der Waals surface area contributed by atoms with E-state index >= 15 is 0 Å². The van der Waals surface area contributed by atoms with E-state index in [0.29, 0.717) is 0 Å². The number of alkyl halides is 3. The van der Waals surface area contributed by atoms with E-state index in [4.69, 9.17) is 5.21 Å². The Bertz CT molecular complexity index is 309. The van der Waals surface area contributed by atoms with E-state index in [0.717, 1.165) is 6.34 Å². The van der Waals surface area contributed by atoms with Gasteiger partial charge in [0.15, 0.2) is 0 Å². The van der Waals surface area contributed by atoms with Gasteiger partial charge in [0.25, 0.3) is 0 Å². The number of rotatable bonds is 2. The molecular formula is C4H3F3N4OS. The molecule has 2 N–H and O–H groups in total. The predicted octanol–water partition coefficient (Wildman–Crippen LogP) is 1.20. The molecule has 5 nitrogen and oxygen atoms in total. The third-order valence-electron chi connectivity index (χ3n) is 0.890. The summed E-state index contributed by atoms with van der Waals surface area (Å²) in [6.07, 6.45) is -3.71. The number of hydroxylamine groups is 1. The molecule has 0 aliphatic carbocycles. The van der Waals surface area contributed by atoms with Gasteiger partial charge in [-0.3, -0.25) is 10.7 Å². The fourth-order valence-corrected chi connectivity index (χ4v) is 1.02. The molecule has 1 rings (SSSR count). The number of hydrogen-bond donors (Lipinski definition) is 2. The molecule has 13 heavy (non-hydrogen) atoms. The highest BCUT2D eigenvalue weighted by Gasteiger charge is 2.35. The number of nitrogens with one attached hydrogen (secondary N) is 1. The maximum absolute atomic E-state index is 11.9. The first-order valence-corrected chi connectivity index (χ1v) is 3.68. The van der Waals surface area contributed by atoms with Crippen LogP contribution in [0.3, 0.4) is 0 Å². The maximum atomic E-state index is 11.9. The van der Waals surface area contributed by atoms with Gasteiger partial charge in [-0.05, 0) is 0 Å². The van der Waals surface area contributed by atoms with E-state index in [1.165, 1.54) is 5.48 Å². The lowest BCUT2D eigenvalue weighted by Gasteiger charge is -1.96. The number of aliphatic imine (C=N–C) groups is 1. The van der Waals surface area contributed by atoms with Gasteiger partial charge in [-0.1, -0.05) is 11.3 Å². The smallest absolute Gasteiger partial charge is 0.290 e. The van der Waals surface area contributed by atoms with Gasteiger partial charge in [-0.25, -0.2) is 4.99 Å². The monoisotopic (exact) mass is 212 g/mol. The first-order chi connectivity index (χ1) is 6.04. The summed E-state index contributed by atoms with van der Waals surface area (Å²) in [5.41, 5.74) is 1.53. The fourth-order valence-electron chi connectivity index (χ4n) is 0.466. The zero-order valence-corrected chi connectivity index (χ0v) is 6.72. The van der Waals surface area contributed by atoms with Crippen LogP contribution in [0.15, 0.2) is 4.99 Å². The third kappa shape index (κ3) is 2.63. The summed E-state index contributed by atoms with van der Waals surface area (Å²) in [5, 5.41) is 12.8. The van der Waals surface area contributed by atoms with Crippen molar-refractivity contribution in [1.29, 1.82) is 0 Å².